The number of hydrogen-bond acceptors (Lipinski definition) is 3. The zero-order valence-electron chi connectivity index (χ0n) is 18.2. The molecule has 2 aromatic rings. The van der Waals surface area contributed by atoms with Crippen molar-refractivity contribution in [2.75, 3.05) is 6.54 Å². The highest BCUT2D eigenvalue weighted by atomic mass is 32.1. The van der Waals surface area contributed by atoms with Gasteiger partial charge in [-0.25, -0.2) is 0 Å². The maximum Gasteiger partial charge on any atom is 0.326 e. The van der Waals surface area contributed by atoms with E-state index in [1.807, 2.05) is 42.6 Å². The van der Waals surface area contributed by atoms with Crippen LogP contribution in [0.3, 0.4) is 0 Å². The first-order valence-electron chi connectivity index (χ1n) is 11.3. The number of benzene rings is 1. The lowest BCUT2D eigenvalue weighted by Crippen LogP contribution is -2.37. The molecule has 0 aliphatic carbocycles. The molecule has 0 bridgehead atoms. The van der Waals surface area contributed by atoms with E-state index >= 15 is 0 Å². The Morgan fingerprint density at radius 3 is 2.61 bits per heavy atom. The van der Waals surface area contributed by atoms with Crippen LogP contribution in [0.1, 0.15) is 55.9 Å². The van der Waals surface area contributed by atoms with Gasteiger partial charge in [0.2, 0.25) is 0 Å². The van der Waals surface area contributed by atoms with Gasteiger partial charge < -0.3 is 10.0 Å². The Morgan fingerprint density at radius 2 is 1.90 bits per heavy atom. The van der Waals surface area contributed by atoms with Crippen molar-refractivity contribution in [1.29, 1.82) is 0 Å². The summed E-state index contributed by atoms with van der Waals surface area (Å²) in [4.78, 5) is 14.8. The highest BCUT2D eigenvalue weighted by molar-refractivity contribution is 7.09. The van der Waals surface area contributed by atoms with Crippen molar-refractivity contribution < 1.29 is 18.7 Å². The van der Waals surface area contributed by atoms with Crippen LogP contribution < -0.4 is 0 Å². The Bertz CT molecular complexity index is 797. The molecule has 170 valence electrons. The van der Waals surface area contributed by atoms with E-state index in [2.05, 4.69) is 12.1 Å². The van der Waals surface area contributed by atoms with Crippen molar-refractivity contribution in [1.82, 2.24) is 4.90 Å². The molecule has 3 atom stereocenters. The van der Waals surface area contributed by atoms with E-state index < -0.39 is 30.4 Å². The third-order valence-corrected chi connectivity index (χ3v) is 7.27. The maximum atomic E-state index is 14.1. The SMILES string of the molecule is C[C@@H](CCCc1ccccc1)[C@H](O)CC[C@H]1CC(F)(F)C(=O)N1CCCc1cccs1. The second-order valence-corrected chi connectivity index (χ2v) is 9.78. The van der Waals surface area contributed by atoms with Gasteiger partial charge in [0.1, 0.15) is 0 Å². The number of carbonyl (C=O) groups excluding carboxylic acids is 1. The van der Waals surface area contributed by atoms with E-state index in [9.17, 15) is 18.7 Å². The van der Waals surface area contributed by atoms with Gasteiger partial charge in [-0.3, -0.25) is 4.79 Å². The van der Waals surface area contributed by atoms with Gasteiger partial charge >= 0.3 is 5.92 Å². The third kappa shape index (κ3) is 6.84. The first-order valence-corrected chi connectivity index (χ1v) is 12.2. The number of aliphatic hydroxyl groups is 1. The quantitative estimate of drug-likeness (QED) is 0.450. The van der Waals surface area contributed by atoms with Crippen LogP contribution in [0.2, 0.25) is 0 Å². The van der Waals surface area contributed by atoms with E-state index in [1.54, 1.807) is 11.3 Å². The lowest BCUT2D eigenvalue weighted by atomic mass is 9.92. The second-order valence-electron chi connectivity index (χ2n) is 8.74. The fourth-order valence-electron chi connectivity index (χ4n) is 4.40. The molecule has 3 nitrogen and oxygen atoms in total. The van der Waals surface area contributed by atoms with E-state index in [1.165, 1.54) is 15.3 Å². The van der Waals surface area contributed by atoms with Crippen molar-refractivity contribution in [3.8, 4) is 0 Å². The average Bonchev–Trinajstić information content (AvgIpc) is 3.34. The summed E-state index contributed by atoms with van der Waals surface area (Å²) in [5.74, 6) is -4.22. The summed E-state index contributed by atoms with van der Waals surface area (Å²) in [7, 11) is 0. The highest BCUT2D eigenvalue weighted by Gasteiger charge is 2.52. The minimum absolute atomic E-state index is 0.105. The fraction of sp³-hybridized carbons (Fsp3) is 0.560. The van der Waals surface area contributed by atoms with Crippen LogP contribution in [-0.4, -0.2) is 40.5 Å². The van der Waals surface area contributed by atoms with E-state index in [-0.39, 0.29) is 5.92 Å². The predicted octanol–water partition coefficient (Wildman–Crippen LogP) is 5.72. The van der Waals surface area contributed by atoms with Crippen molar-refractivity contribution in [2.45, 2.75) is 76.4 Å². The van der Waals surface area contributed by atoms with Gasteiger partial charge in [-0.05, 0) is 67.9 Å². The van der Waals surface area contributed by atoms with Gasteiger partial charge in [0.25, 0.3) is 5.91 Å². The van der Waals surface area contributed by atoms with Gasteiger partial charge in [-0.1, -0.05) is 43.3 Å². The van der Waals surface area contributed by atoms with Gasteiger partial charge in [-0.15, -0.1) is 11.3 Å². The van der Waals surface area contributed by atoms with Gasteiger partial charge in [0.05, 0.1) is 6.10 Å². The van der Waals surface area contributed by atoms with E-state index in [4.69, 9.17) is 0 Å². The molecule has 1 saturated heterocycles. The summed E-state index contributed by atoms with van der Waals surface area (Å²) in [6.07, 6.45) is 4.22. The van der Waals surface area contributed by atoms with Gasteiger partial charge in [0, 0.05) is 23.9 Å². The number of thiophene rings is 1. The Hall–Kier alpha value is -1.79. The number of amides is 1. The number of alkyl halides is 2. The summed E-state index contributed by atoms with van der Waals surface area (Å²) < 4.78 is 28.2. The van der Waals surface area contributed by atoms with Crippen LogP contribution in [0.5, 0.6) is 0 Å². The molecular weight excluding hydrogens is 416 g/mol. The Morgan fingerprint density at radius 1 is 1.13 bits per heavy atom. The Balaban J connectivity index is 1.44. The largest absolute Gasteiger partial charge is 0.393 e. The summed E-state index contributed by atoms with van der Waals surface area (Å²) >= 11 is 1.64. The summed E-state index contributed by atoms with van der Waals surface area (Å²) in [5, 5.41) is 12.6. The molecule has 1 fully saturated rings. The normalized spacial score (nSPS) is 20.2. The monoisotopic (exact) mass is 449 g/mol. The molecule has 0 spiro atoms. The first kappa shape index (κ1) is 23.9. The number of nitrogens with zero attached hydrogens (tertiary/aromatic N) is 1. The molecule has 1 N–H and O–H groups in total. The molecule has 1 aromatic carbocycles. The highest BCUT2D eigenvalue weighted by Crippen LogP contribution is 2.36. The van der Waals surface area contributed by atoms with E-state index in [0.717, 1.165) is 25.7 Å². The van der Waals surface area contributed by atoms with Crippen LogP contribution in [0.4, 0.5) is 8.78 Å². The van der Waals surface area contributed by atoms with Crippen LogP contribution in [0.15, 0.2) is 47.8 Å². The standard InChI is InChI=1S/C25H33F2NO2S/c1-19(8-5-11-20-9-3-2-4-10-20)23(29)15-14-21-18-25(26,27)24(30)28(21)16-6-12-22-13-7-17-31-22/h2-4,7,9-10,13,17,19,21,23,29H,5-6,8,11-12,14-16,18H2,1H3/t19-,21-,23+/m0/s1. The van der Waals surface area contributed by atoms with Crippen LogP contribution in [0, 0.1) is 5.92 Å². The van der Waals surface area contributed by atoms with Crippen molar-refractivity contribution >= 4 is 17.2 Å². The number of halogens is 2. The Labute approximate surface area is 188 Å². The lowest BCUT2D eigenvalue weighted by Gasteiger charge is -2.26. The third-order valence-electron chi connectivity index (χ3n) is 6.33. The van der Waals surface area contributed by atoms with E-state index in [0.29, 0.717) is 25.8 Å². The lowest BCUT2D eigenvalue weighted by molar-refractivity contribution is -0.148. The van der Waals surface area contributed by atoms with Crippen LogP contribution >= 0.6 is 11.3 Å². The number of rotatable bonds is 12. The molecule has 1 aromatic heterocycles. The molecule has 2 heterocycles. The van der Waals surface area contributed by atoms with Crippen molar-refractivity contribution in [2.24, 2.45) is 5.92 Å². The van der Waals surface area contributed by atoms with Crippen molar-refractivity contribution in [3.63, 3.8) is 0 Å². The number of likely N-dealkylation sites (tertiary alicyclic amines) is 1. The molecule has 1 aliphatic rings. The smallest absolute Gasteiger partial charge is 0.326 e. The summed E-state index contributed by atoms with van der Waals surface area (Å²) in [5.41, 5.74) is 1.29. The first-order chi connectivity index (χ1) is 14.9. The minimum Gasteiger partial charge on any atom is -0.393 e. The zero-order valence-corrected chi connectivity index (χ0v) is 19.0. The maximum absolute atomic E-state index is 14.1. The number of hydrogen-bond donors (Lipinski definition) is 1. The number of aryl methyl sites for hydroxylation is 2. The molecule has 1 aliphatic heterocycles. The van der Waals surface area contributed by atoms with Gasteiger partial charge in [0.15, 0.2) is 0 Å². The molecule has 0 unspecified atom stereocenters. The Kier molecular flexibility index (Phi) is 8.61. The molecule has 0 radical (unpaired) electrons. The van der Waals surface area contributed by atoms with Gasteiger partial charge in [-0.2, -0.15) is 8.78 Å². The summed E-state index contributed by atoms with van der Waals surface area (Å²) in [6.45, 7) is 2.36. The zero-order chi connectivity index (χ0) is 22.3. The molecule has 1 amide bonds. The van der Waals surface area contributed by atoms with Crippen molar-refractivity contribution in [3.05, 3.63) is 58.3 Å². The number of carbonyl (C=O) groups is 1. The molecule has 31 heavy (non-hydrogen) atoms. The molecule has 0 saturated carbocycles. The second kappa shape index (κ2) is 11.2. The fourth-order valence-corrected chi connectivity index (χ4v) is 5.15. The average molecular weight is 450 g/mol. The minimum atomic E-state index is -3.28. The molecule has 3 rings (SSSR count). The van der Waals surface area contributed by atoms with Crippen LogP contribution in [0.25, 0.3) is 0 Å². The topological polar surface area (TPSA) is 40.5 Å². The molecule has 6 heteroatoms. The number of aliphatic hydroxyl groups excluding tert-OH is 1. The van der Waals surface area contributed by atoms with Crippen LogP contribution in [-0.2, 0) is 17.6 Å². The molecular formula is C25H33F2NO2S. The summed E-state index contributed by atoms with van der Waals surface area (Å²) in [6, 6.07) is 13.8. The predicted molar refractivity (Wildman–Crippen MR) is 121 cm³/mol.